The Hall–Kier alpha value is -3.42. The maximum atomic E-state index is 13.1. The summed E-state index contributed by atoms with van der Waals surface area (Å²) in [5.74, 6) is -0.332. The zero-order valence-electron chi connectivity index (χ0n) is 16.8. The van der Waals surface area contributed by atoms with Gasteiger partial charge < -0.3 is 15.1 Å². The molecular weight excluding hydrogens is 385 g/mol. The van der Waals surface area contributed by atoms with Gasteiger partial charge in [0.2, 0.25) is 17.8 Å². The molecule has 1 atom stereocenters. The summed E-state index contributed by atoms with van der Waals surface area (Å²) in [6.07, 6.45) is 0.0245. The van der Waals surface area contributed by atoms with E-state index in [9.17, 15) is 14.0 Å². The first kappa shape index (κ1) is 19.9. The van der Waals surface area contributed by atoms with Gasteiger partial charge in [0.25, 0.3) is 0 Å². The van der Waals surface area contributed by atoms with Gasteiger partial charge in [-0.2, -0.15) is 0 Å². The number of amides is 2. The van der Waals surface area contributed by atoms with E-state index in [4.69, 9.17) is 0 Å². The van der Waals surface area contributed by atoms with Gasteiger partial charge in [0.05, 0.1) is 6.42 Å². The van der Waals surface area contributed by atoms with Crippen LogP contribution in [0, 0.1) is 12.7 Å². The smallest absolute Gasteiger partial charge is 0.249 e. The highest BCUT2D eigenvalue weighted by Crippen LogP contribution is 2.18. The molecule has 1 fully saturated rings. The van der Waals surface area contributed by atoms with Gasteiger partial charge in [0.1, 0.15) is 11.9 Å². The number of halogens is 1. The Morgan fingerprint density at radius 2 is 1.67 bits per heavy atom. The van der Waals surface area contributed by atoms with Crippen molar-refractivity contribution in [3.63, 3.8) is 0 Å². The van der Waals surface area contributed by atoms with Crippen LogP contribution in [-0.2, 0) is 9.59 Å². The molecule has 30 heavy (non-hydrogen) atoms. The van der Waals surface area contributed by atoms with Crippen molar-refractivity contribution in [2.75, 3.05) is 36.4 Å². The molecule has 2 amide bonds. The van der Waals surface area contributed by atoms with Crippen molar-refractivity contribution in [3.8, 4) is 0 Å². The number of carbonyl (C=O) groups is 2. The Labute approximate surface area is 174 Å². The van der Waals surface area contributed by atoms with Crippen LogP contribution in [0.4, 0.5) is 15.8 Å². The first-order valence-corrected chi connectivity index (χ1v) is 9.98. The van der Waals surface area contributed by atoms with Crippen molar-refractivity contribution < 1.29 is 14.0 Å². The van der Waals surface area contributed by atoms with E-state index in [0.717, 1.165) is 11.3 Å². The zero-order valence-corrected chi connectivity index (χ0v) is 16.8. The molecule has 0 saturated carbocycles. The average Bonchev–Trinajstić information content (AvgIpc) is 2.75. The molecule has 156 valence electrons. The average molecular weight is 409 g/mol. The highest BCUT2D eigenvalue weighted by molar-refractivity contribution is 6.06. The molecule has 0 unspecified atom stereocenters. The number of benzene rings is 2. The molecule has 0 aromatic heterocycles. The molecule has 2 aliphatic heterocycles. The normalized spacial score (nSPS) is 19.2. The molecule has 4 rings (SSSR count). The van der Waals surface area contributed by atoms with Crippen molar-refractivity contribution in [1.82, 2.24) is 10.2 Å². The minimum atomic E-state index is -0.759. The van der Waals surface area contributed by atoms with Crippen LogP contribution in [0.2, 0.25) is 0 Å². The van der Waals surface area contributed by atoms with Gasteiger partial charge in [-0.3, -0.25) is 14.9 Å². The number of anilines is 2. The molecule has 0 aliphatic carbocycles. The fraction of sp³-hybridized carbons (Fsp3) is 0.318. The van der Waals surface area contributed by atoms with Crippen LogP contribution >= 0.6 is 0 Å². The number of aliphatic imine (C=N–C) groups is 1. The van der Waals surface area contributed by atoms with Crippen LogP contribution < -0.4 is 15.5 Å². The number of hydrogen-bond donors (Lipinski definition) is 2. The number of aryl methyl sites for hydroxylation is 1. The minimum Gasteiger partial charge on any atom is -0.368 e. The molecule has 2 aromatic rings. The number of guanidine groups is 1. The van der Waals surface area contributed by atoms with E-state index in [1.807, 2.05) is 36.1 Å². The predicted octanol–water partition coefficient (Wildman–Crippen LogP) is 2.14. The molecule has 0 bridgehead atoms. The number of rotatable bonds is 3. The monoisotopic (exact) mass is 409 g/mol. The molecule has 0 radical (unpaired) electrons. The number of piperazine rings is 1. The van der Waals surface area contributed by atoms with E-state index < -0.39 is 6.04 Å². The van der Waals surface area contributed by atoms with Gasteiger partial charge in [-0.05, 0) is 43.3 Å². The molecule has 2 aliphatic rings. The molecule has 1 saturated heterocycles. The molecule has 2 N–H and O–H groups in total. The van der Waals surface area contributed by atoms with Gasteiger partial charge in [-0.25, -0.2) is 9.38 Å². The first-order valence-electron chi connectivity index (χ1n) is 9.98. The summed E-state index contributed by atoms with van der Waals surface area (Å²) in [7, 11) is 0. The van der Waals surface area contributed by atoms with Crippen LogP contribution in [0.15, 0.2) is 53.5 Å². The van der Waals surface area contributed by atoms with Gasteiger partial charge in [-0.15, -0.1) is 0 Å². The van der Waals surface area contributed by atoms with E-state index in [1.165, 1.54) is 12.1 Å². The third kappa shape index (κ3) is 4.59. The quantitative estimate of drug-likeness (QED) is 0.814. The number of nitrogens with one attached hydrogen (secondary N) is 2. The fourth-order valence-corrected chi connectivity index (χ4v) is 3.58. The van der Waals surface area contributed by atoms with Crippen molar-refractivity contribution in [2.45, 2.75) is 19.4 Å². The summed E-state index contributed by atoms with van der Waals surface area (Å²) in [5, 5.41) is 5.63. The number of hydrogen-bond acceptors (Lipinski definition) is 5. The molecule has 2 heterocycles. The Kier molecular flexibility index (Phi) is 5.65. The highest BCUT2D eigenvalue weighted by atomic mass is 19.1. The van der Waals surface area contributed by atoms with E-state index in [0.29, 0.717) is 37.8 Å². The third-order valence-corrected chi connectivity index (χ3v) is 5.30. The van der Waals surface area contributed by atoms with E-state index >= 15 is 0 Å². The minimum absolute atomic E-state index is 0.0245. The van der Waals surface area contributed by atoms with Gasteiger partial charge in [0.15, 0.2) is 0 Å². The van der Waals surface area contributed by atoms with Gasteiger partial charge >= 0.3 is 0 Å². The zero-order chi connectivity index (χ0) is 21.1. The SMILES string of the molecule is Cc1ccc(NC(=O)[C@@H]2CC(=O)NC(N3CCN(c4ccc(F)cc4)CC3)=N2)cc1. The van der Waals surface area contributed by atoms with Crippen LogP contribution in [0.1, 0.15) is 12.0 Å². The lowest BCUT2D eigenvalue weighted by molar-refractivity contribution is -0.125. The Balaban J connectivity index is 1.40. The molecule has 2 aromatic carbocycles. The maximum absolute atomic E-state index is 13.1. The van der Waals surface area contributed by atoms with Crippen molar-refractivity contribution in [3.05, 3.63) is 59.9 Å². The first-order chi connectivity index (χ1) is 14.5. The van der Waals surface area contributed by atoms with Crippen LogP contribution in [0.3, 0.4) is 0 Å². The lowest BCUT2D eigenvalue weighted by Gasteiger charge is -2.38. The molecular formula is C22H24FN5O2. The number of carbonyl (C=O) groups excluding carboxylic acids is 2. The lowest BCUT2D eigenvalue weighted by atomic mass is 10.1. The topological polar surface area (TPSA) is 77.0 Å². The predicted molar refractivity (Wildman–Crippen MR) is 114 cm³/mol. The van der Waals surface area contributed by atoms with Gasteiger partial charge in [-0.1, -0.05) is 17.7 Å². The molecule has 8 heteroatoms. The van der Waals surface area contributed by atoms with Gasteiger partial charge in [0, 0.05) is 37.6 Å². The maximum Gasteiger partial charge on any atom is 0.249 e. The summed E-state index contributed by atoms with van der Waals surface area (Å²) in [5.41, 5.74) is 2.74. The van der Waals surface area contributed by atoms with Crippen LogP contribution in [-0.4, -0.2) is 54.9 Å². The number of nitrogens with zero attached hydrogens (tertiary/aromatic N) is 3. The lowest BCUT2D eigenvalue weighted by Crippen LogP contribution is -2.56. The summed E-state index contributed by atoms with van der Waals surface area (Å²) < 4.78 is 13.1. The van der Waals surface area contributed by atoms with Crippen LogP contribution in [0.5, 0.6) is 0 Å². The highest BCUT2D eigenvalue weighted by Gasteiger charge is 2.30. The Bertz CT molecular complexity index is 950. The fourth-order valence-electron chi connectivity index (χ4n) is 3.58. The molecule has 0 spiro atoms. The van der Waals surface area contributed by atoms with Crippen LogP contribution in [0.25, 0.3) is 0 Å². The third-order valence-electron chi connectivity index (χ3n) is 5.30. The van der Waals surface area contributed by atoms with Crippen molar-refractivity contribution in [2.24, 2.45) is 4.99 Å². The standard InChI is InChI=1S/C22H24FN5O2/c1-15-2-6-17(7-3-15)24-21(30)19-14-20(29)26-22(25-19)28-12-10-27(11-13-28)18-8-4-16(23)5-9-18/h2-9,19H,10-14H2,1H3,(H,24,30)(H,25,26,29)/t19-/m0/s1. The summed E-state index contributed by atoms with van der Waals surface area (Å²) in [6.45, 7) is 4.68. The molecule has 7 nitrogen and oxygen atoms in total. The summed E-state index contributed by atoms with van der Waals surface area (Å²) >= 11 is 0. The van der Waals surface area contributed by atoms with Crippen molar-refractivity contribution in [1.29, 1.82) is 0 Å². The second kappa shape index (κ2) is 8.52. The van der Waals surface area contributed by atoms with E-state index in [1.54, 1.807) is 12.1 Å². The Morgan fingerprint density at radius 1 is 1.03 bits per heavy atom. The van der Waals surface area contributed by atoms with E-state index in [2.05, 4.69) is 20.5 Å². The second-order valence-corrected chi connectivity index (χ2v) is 7.53. The largest absolute Gasteiger partial charge is 0.368 e. The summed E-state index contributed by atoms with van der Waals surface area (Å²) in [6, 6.07) is 13.1. The Morgan fingerprint density at radius 3 is 2.33 bits per heavy atom. The summed E-state index contributed by atoms with van der Waals surface area (Å²) in [4.78, 5) is 33.5. The van der Waals surface area contributed by atoms with E-state index in [-0.39, 0.29) is 24.1 Å². The second-order valence-electron chi connectivity index (χ2n) is 7.53. The van der Waals surface area contributed by atoms with Crippen molar-refractivity contribution >= 4 is 29.1 Å².